The van der Waals surface area contributed by atoms with Crippen LogP contribution < -0.4 is 0 Å². The topological polar surface area (TPSA) is 116 Å². The summed E-state index contributed by atoms with van der Waals surface area (Å²) >= 11 is 1.43. The first-order valence-corrected chi connectivity index (χ1v) is 9.37. The number of β-lactam (4-membered cyclic amide) rings is 1. The van der Waals surface area contributed by atoms with E-state index in [2.05, 4.69) is 10.2 Å². The summed E-state index contributed by atoms with van der Waals surface area (Å²) in [6, 6.07) is 1.57. The molecule has 1 unspecified atom stereocenters. The number of nitrogens with zero attached hydrogens (tertiary/aromatic N) is 2. The zero-order valence-electron chi connectivity index (χ0n) is 14.9. The number of hydrogen-bond donors (Lipinski definition) is 3. The second-order valence-electron chi connectivity index (χ2n) is 6.75. The average molecular weight is 381 g/mol. The lowest BCUT2D eigenvalue weighted by Crippen LogP contribution is -2.63. The van der Waals surface area contributed by atoms with Crippen LogP contribution in [0.2, 0.25) is 0 Å². The number of hydrogen-bond acceptors (Lipinski definition) is 6. The summed E-state index contributed by atoms with van der Waals surface area (Å²) in [4.78, 5) is 26.2. The number of thioether (sulfide) groups is 1. The second-order valence-corrected chi connectivity index (χ2v) is 8.10. The molecule has 1 fully saturated rings. The fraction of sp³-hybridized carbons (Fsp3) is 0.588. The van der Waals surface area contributed by atoms with E-state index in [1.807, 2.05) is 13.0 Å². The van der Waals surface area contributed by atoms with Gasteiger partial charge in [-0.25, -0.2) is 4.79 Å². The third-order valence-corrected chi connectivity index (χ3v) is 6.42. The summed E-state index contributed by atoms with van der Waals surface area (Å²) in [5.41, 5.74) is 0.976. The minimum Gasteiger partial charge on any atom is -0.477 e. The van der Waals surface area contributed by atoms with E-state index in [1.54, 1.807) is 20.2 Å². The zero-order valence-corrected chi connectivity index (χ0v) is 15.7. The number of carboxylic acids is 1. The molecular formula is C17H23N3O5S. The van der Waals surface area contributed by atoms with Crippen molar-refractivity contribution in [3.8, 4) is 0 Å². The maximum absolute atomic E-state index is 12.4. The van der Waals surface area contributed by atoms with Crippen molar-refractivity contribution in [1.82, 2.24) is 15.1 Å². The Morgan fingerprint density at radius 2 is 2.27 bits per heavy atom. The van der Waals surface area contributed by atoms with Crippen molar-refractivity contribution in [2.45, 2.75) is 37.7 Å². The van der Waals surface area contributed by atoms with E-state index < -0.39 is 18.0 Å². The van der Waals surface area contributed by atoms with Gasteiger partial charge in [0.1, 0.15) is 5.70 Å². The Labute approximate surface area is 155 Å². The quantitative estimate of drug-likeness (QED) is 0.572. The minimum absolute atomic E-state index is 0.0222. The lowest BCUT2D eigenvalue weighted by atomic mass is 9.79. The van der Waals surface area contributed by atoms with Gasteiger partial charge in [0, 0.05) is 41.5 Å². The van der Waals surface area contributed by atoms with Crippen molar-refractivity contribution in [1.29, 1.82) is 0 Å². The maximum atomic E-state index is 12.4. The van der Waals surface area contributed by atoms with Gasteiger partial charge in [-0.1, -0.05) is 6.92 Å². The van der Waals surface area contributed by atoms with Crippen molar-refractivity contribution in [3.63, 3.8) is 0 Å². The zero-order chi connectivity index (χ0) is 19.0. The van der Waals surface area contributed by atoms with Gasteiger partial charge in [-0.15, -0.1) is 11.8 Å². The molecule has 3 N–H and O–H groups in total. The summed E-state index contributed by atoms with van der Waals surface area (Å²) in [6.45, 7) is 3.92. The summed E-state index contributed by atoms with van der Waals surface area (Å²) in [7, 11) is 1.60. The third-order valence-electron chi connectivity index (χ3n) is 4.96. The molecule has 9 heteroatoms. The van der Waals surface area contributed by atoms with Gasteiger partial charge in [-0.2, -0.15) is 5.10 Å². The molecule has 0 aromatic carbocycles. The molecule has 0 aliphatic carbocycles. The number of aliphatic carboxylic acids is 1. The third kappa shape index (κ3) is 3.15. The number of amides is 1. The molecule has 142 valence electrons. The Balaban J connectivity index is 1.86. The number of carbonyl (C=O) groups is 2. The molecule has 26 heavy (non-hydrogen) atoms. The van der Waals surface area contributed by atoms with E-state index >= 15 is 0 Å². The number of carbonyl (C=O) groups excluding carboxylic acids is 1. The number of aliphatic hydroxyl groups excluding tert-OH is 1. The maximum Gasteiger partial charge on any atom is 0.353 e. The Bertz CT molecular complexity index is 718. The van der Waals surface area contributed by atoms with Crippen LogP contribution in [0, 0.1) is 11.8 Å². The highest BCUT2D eigenvalue weighted by Crippen LogP contribution is 2.51. The first-order chi connectivity index (χ1) is 12.4. The molecule has 2 aliphatic heterocycles. The van der Waals surface area contributed by atoms with Gasteiger partial charge in [-0.05, 0) is 13.0 Å². The van der Waals surface area contributed by atoms with Crippen LogP contribution in [0.3, 0.4) is 0 Å². The van der Waals surface area contributed by atoms with Gasteiger partial charge in [0.25, 0.3) is 0 Å². The predicted molar refractivity (Wildman–Crippen MR) is 95.2 cm³/mol. The van der Waals surface area contributed by atoms with E-state index in [0.29, 0.717) is 17.9 Å². The standard InChI is InChI=1S/C17H23N3O5S/c1-8-13-12(9(2)21)16(22)20(13)14(17(23)24)15(8)26-11(7-25-3)6-10-4-5-18-19-10/h4-5,8-9,11-13,21H,6-7H2,1-3H3,(H,18,19)(H,23,24)/t8-,9-,11?,12-,13-/m1/s1. The molecule has 0 spiro atoms. The SMILES string of the molecule is COCC(Cc1ccn[nH]1)SC1=C(C(=O)O)N2C(=O)[C@H]([C@@H](C)O)[C@H]2[C@H]1C. The number of rotatable bonds is 8. The van der Waals surface area contributed by atoms with Crippen LogP contribution in [-0.2, 0) is 20.7 Å². The number of methoxy groups -OCH3 is 1. The predicted octanol–water partition coefficient (Wildman–Crippen LogP) is 0.854. The minimum atomic E-state index is -1.11. The van der Waals surface area contributed by atoms with E-state index in [1.165, 1.54) is 16.7 Å². The number of aromatic nitrogens is 2. The van der Waals surface area contributed by atoms with Crippen LogP contribution in [0.4, 0.5) is 0 Å². The van der Waals surface area contributed by atoms with Crippen LogP contribution in [0.15, 0.2) is 22.9 Å². The molecule has 0 bridgehead atoms. The molecule has 3 heterocycles. The average Bonchev–Trinajstić information content (AvgIpc) is 3.14. The molecule has 0 saturated carbocycles. The van der Waals surface area contributed by atoms with E-state index in [4.69, 9.17) is 4.74 Å². The molecule has 1 saturated heterocycles. The molecule has 5 atom stereocenters. The first kappa shape index (κ1) is 18.9. The summed E-state index contributed by atoms with van der Waals surface area (Å²) in [6.07, 6.45) is 1.51. The van der Waals surface area contributed by atoms with E-state index in [0.717, 1.165) is 5.69 Å². The number of aromatic amines is 1. The number of H-pyrrole nitrogens is 1. The number of carboxylic acid groups (broad SMARTS) is 1. The van der Waals surface area contributed by atoms with Crippen LogP contribution in [0.5, 0.6) is 0 Å². The van der Waals surface area contributed by atoms with Crippen molar-refractivity contribution < 1.29 is 24.5 Å². The normalized spacial score (nSPS) is 27.3. The van der Waals surface area contributed by atoms with Crippen molar-refractivity contribution in [2.24, 2.45) is 11.8 Å². The molecule has 8 nitrogen and oxygen atoms in total. The van der Waals surface area contributed by atoms with E-state index in [-0.39, 0.29) is 28.8 Å². The molecule has 3 rings (SSSR count). The van der Waals surface area contributed by atoms with Gasteiger partial charge >= 0.3 is 5.97 Å². The molecule has 1 amide bonds. The number of nitrogens with one attached hydrogen (secondary N) is 1. The van der Waals surface area contributed by atoms with Crippen LogP contribution >= 0.6 is 11.8 Å². The fourth-order valence-corrected chi connectivity index (χ4v) is 5.30. The Kier molecular flexibility index (Phi) is 5.40. The van der Waals surface area contributed by atoms with Gasteiger partial charge in [0.15, 0.2) is 0 Å². The summed E-state index contributed by atoms with van der Waals surface area (Å²) in [5.74, 6) is -2.13. The van der Waals surface area contributed by atoms with E-state index in [9.17, 15) is 19.8 Å². The smallest absolute Gasteiger partial charge is 0.353 e. The van der Waals surface area contributed by atoms with Gasteiger partial charge in [0.2, 0.25) is 5.91 Å². The largest absolute Gasteiger partial charge is 0.477 e. The van der Waals surface area contributed by atoms with Crippen LogP contribution in [0.1, 0.15) is 19.5 Å². The second kappa shape index (κ2) is 7.42. The first-order valence-electron chi connectivity index (χ1n) is 8.49. The molecule has 2 aliphatic rings. The van der Waals surface area contributed by atoms with Crippen LogP contribution in [0.25, 0.3) is 0 Å². The molecule has 0 radical (unpaired) electrons. The highest BCUT2D eigenvalue weighted by molar-refractivity contribution is 8.03. The van der Waals surface area contributed by atoms with Gasteiger partial charge in [0.05, 0.1) is 24.7 Å². The fourth-order valence-electron chi connectivity index (χ4n) is 3.82. The highest BCUT2D eigenvalue weighted by Gasteiger charge is 2.60. The number of ether oxygens (including phenoxy) is 1. The Morgan fingerprint density at radius 3 is 2.81 bits per heavy atom. The molecular weight excluding hydrogens is 358 g/mol. The monoisotopic (exact) mass is 381 g/mol. The number of fused-ring (bicyclic) bond motifs is 1. The molecule has 1 aromatic heterocycles. The Hall–Kier alpha value is -1.84. The van der Waals surface area contributed by atoms with Gasteiger partial charge in [-0.3, -0.25) is 9.89 Å². The van der Waals surface area contributed by atoms with Crippen LogP contribution in [-0.4, -0.2) is 68.3 Å². The number of aliphatic hydroxyl groups is 1. The molecule has 1 aromatic rings. The summed E-state index contributed by atoms with van der Waals surface area (Å²) < 4.78 is 5.30. The highest BCUT2D eigenvalue weighted by atomic mass is 32.2. The van der Waals surface area contributed by atoms with Crippen molar-refractivity contribution in [3.05, 3.63) is 28.6 Å². The van der Waals surface area contributed by atoms with Crippen molar-refractivity contribution in [2.75, 3.05) is 13.7 Å². The Morgan fingerprint density at radius 1 is 1.54 bits per heavy atom. The van der Waals surface area contributed by atoms with Crippen molar-refractivity contribution >= 4 is 23.6 Å². The lowest BCUT2D eigenvalue weighted by Gasteiger charge is -2.46. The summed E-state index contributed by atoms with van der Waals surface area (Å²) in [5, 5.41) is 26.4. The van der Waals surface area contributed by atoms with Gasteiger partial charge < -0.3 is 19.8 Å². The lowest BCUT2D eigenvalue weighted by molar-refractivity contribution is -0.163.